The maximum absolute atomic E-state index is 10.3. The first-order valence-electron chi connectivity index (χ1n) is 9.83. The average molecular weight is 386 g/mol. The van der Waals surface area contributed by atoms with Gasteiger partial charge in [0.15, 0.2) is 29.3 Å². The number of hydrogen-bond donors (Lipinski definition) is 1. The Labute approximate surface area is 164 Å². The summed E-state index contributed by atoms with van der Waals surface area (Å²) in [7, 11) is 0. The molecule has 2 aromatic carbocycles. The van der Waals surface area contributed by atoms with Crippen LogP contribution in [0.4, 0.5) is 0 Å². The van der Waals surface area contributed by atoms with Gasteiger partial charge in [0, 0.05) is 5.92 Å². The monoisotopic (exact) mass is 386 g/mol. The van der Waals surface area contributed by atoms with Gasteiger partial charge in [-0.2, -0.15) is 0 Å². The Morgan fingerprint density at radius 3 is 1.93 bits per heavy atom. The van der Waals surface area contributed by atoms with Crippen LogP contribution in [0.5, 0.6) is 23.0 Å². The molecule has 150 valence electrons. The smallest absolute Gasteiger partial charge is 0.231 e. The zero-order valence-electron chi connectivity index (χ0n) is 16.2. The van der Waals surface area contributed by atoms with E-state index in [0.717, 1.165) is 47.0 Å². The number of ether oxygens (including phenoxy) is 5. The van der Waals surface area contributed by atoms with Crippen molar-refractivity contribution in [3.63, 3.8) is 0 Å². The highest BCUT2D eigenvalue weighted by Gasteiger charge is 2.36. The molecule has 6 heteroatoms. The van der Waals surface area contributed by atoms with Crippen LogP contribution in [0.15, 0.2) is 36.4 Å². The molecule has 6 nitrogen and oxygen atoms in total. The molecule has 0 amide bonds. The maximum Gasteiger partial charge on any atom is 0.231 e. The second-order valence-corrected chi connectivity index (χ2v) is 6.93. The topological polar surface area (TPSA) is 66.4 Å². The van der Waals surface area contributed by atoms with Crippen LogP contribution in [-0.2, 0) is 17.6 Å². The van der Waals surface area contributed by atoms with Gasteiger partial charge in [-0.15, -0.1) is 0 Å². The van der Waals surface area contributed by atoms with E-state index >= 15 is 0 Å². The van der Waals surface area contributed by atoms with Crippen molar-refractivity contribution in [2.24, 2.45) is 11.8 Å². The lowest BCUT2D eigenvalue weighted by molar-refractivity contribution is -0.0820. The van der Waals surface area contributed by atoms with Crippen LogP contribution in [0.3, 0.4) is 0 Å². The van der Waals surface area contributed by atoms with E-state index in [1.165, 1.54) is 0 Å². The minimum atomic E-state index is -0.751. The van der Waals surface area contributed by atoms with Crippen molar-refractivity contribution in [2.45, 2.75) is 33.0 Å². The summed E-state index contributed by atoms with van der Waals surface area (Å²) in [5.41, 5.74) is 2.27. The van der Waals surface area contributed by atoms with E-state index in [0.29, 0.717) is 6.61 Å². The summed E-state index contributed by atoms with van der Waals surface area (Å²) in [4.78, 5) is 0. The SMILES string of the molecule is CC.OC1OCC(Cc2ccc3c(c2)OCO3)C1Cc1ccc2c(c1)OCO2. The maximum atomic E-state index is 10.3. The lowest BCUT2D eigenvalue weighted by atomic mass is 9.84. The van der Waals surface area contributed by atoms with Gasteiger partial charge in [0.1, 0.15) is 0 Å². The Kier molecular flexibility index (Phi) is 5.59. The molecule has 0 spiro atoms. The van der Waals surface area contributed by atoms with Gasteiger partial charge in [-0.05, 0) is 54.2 Å². The van der Waals surface area contributed by atoms with E-state index in [9.17, 15) is 5.11 Å². The molecule has 3 unspecified atom stereocenters. The van der Waals surface area contributed by atoms with Crippen molar-refractivity contribution in [1.29, 1.82) is 0 Å². The van der Waals surface area contributed by atoms with Crippen LogP contribution in [0.1, 0.15) is 25.0 Å². The van der Waals surface area contributed by atoms with Gasteiger partial charge < -0.3 is 28.8 Å². The molecule has 3 heterocycles. The van der Waals surface area contributed by atoms with Gasteiger partial charge in [-0.25, -0.2) is 0 Å². The molecule has 1 N–H and O–H groups in total. The fourth-order valence-corrected chi connectivity index (χ4v) is 3.89. The molecule has 0 bridgehead atoms. The van der Waals surface area contributed by atoms with Crippen molar-refractivity contribution in [3.8, 4) is 23.0 Å². The fraction of sp³-hybridized carbons (Fsp3) is 0.455. The molecule has 3 atom stereocenters. The summed E-state index contributed by atoms with van der Waals surface area (Å²) >= 11 is 0. The van der Waals surface area contributed by atoms with Gasteiger partial charge in [-0.1, -0.05) is 26.0 Å². The Bertz CT molecular complexity index is 821. The highest BCUT2D eigenvalue weighted by atomic mass is 16.7. The third-order valence-electron chi connectivity index (χ3n) is 5.30. The third kappa shape index (κ3) is 3.75. The zero-order valence-corrected chi connectivity index (χ0v) is 16.2. The molecule has 28 heavy (non-hydrogen) atoms. The van der Waals surface area contributed by atoms with Crippen LogP contribution in [-0.4, -0.2) is 31.6 Å². The van der Waals surface area contributed by atoms with Crippen LogP contribution in [0, 0.1) is 11.8 Å². The third-order valence-corrected chi connectivity index (χ3v) is 5.30. The first-order chi connectivity index (χ1) is 13.8. The number of benzene rings is 2. The largest absolute Gasteiger partial charge is 0.454 e. The summed E-state index contributed by atoms with van der Waals surface area (Å²) in [5, 5.41) is 10.3. The number of fused-ring (bicyclic) bond motifs is 2. The van der Waals surface area contributed by atoms with Gasteiger partial charge >= 0.3 is 0 Å². The van der Waals surface area contributed by atoms with E-state index < -0.39 is 6.29 Å². The molecular formula is C22H26O6. The van der Waals surface area contributed by atoms with Crippen molar-refractivity contribution >= 4 is 0 Å². The van der Waals surface area contributed by atoms with E-state index in [1.807, 2.05) is 44.2 Å². The van der Waals surface area contributed by atoms with Gasteiger partial charge in [-0.3, -0.25) is 0 Å². The molecule has 1 saturated heterocycles. The van der Waals surface area contributed by atoms with Gasteiger partial charge in [0.05, 0.1) is 6.61 Å². The van der Waals surface area contributed by atoms with Crippen LogP contribution < -0.4 is 18.9 Å². The molecule has 2 aromatic rings. The fourth-order valence-electron chi connectivity index (χ4n) is 3.89. The van der Waals surface area contributed by atoms with Gasteiger partial charge in [0.25, 0.3) is 0 Å². The summed E-state index contributed by atoms with van der Waals surface area (Å²) in [6.07, 6.45) is 0.801. The quantitative estimate of drug-likeness (QED) is 0.867. The highest BCUT2D eigenvalue weighted by molar-refractivity contribution is 5.45. The van der Waals surface area contributed by atoms with E-state index in [-0.39, 0.29) is 25.4 Å². The molecule has 0 aromatic heterocycles. The van der Waals surface area contributed by atoms with Crippen LogP contribution in [0.2, 0.25) is 0 Å². The molecule has 0 saturated carbocycles. The molecule has 1 fully saturated rings. The van der Waals surface area contributed by atoms with Crippen molar-refractivity contribution in [2.75, 3.05) is 20.2 Å². The molecule has 5 rings (SSSR count). The molecule has 3 aliphatic heterocycles. The number of aliphatic hydroxyl groups excluding tert-OH is 1. The summed E-state index contributed by atoms with van der Waals surface area (Å²) in [5.74, 6) is 3.37. The second-order valence-electron chi connectivity index (χ2n) is 6.93. The summed E-state index contributed by atoms with van der Waals surface area (Å²) in [6, 6.07) is 11.9. The standard InChI is InChI=1S/C20H20O6.C2H6/c21-20-15(6-13-2-4-17-19(8-13)26-11-24-17)14(9-22-20)5-12-1-3-16-18(7-12)25-10-23-16;1-2/h1-4,7-8,14-15,20-21H,5-6,9-11H2;1-2H3. The Morgan fingerprint density at radius 2 is 1.32 bits per heavy atom. The molecule has 0 radical (unpaired) electrons. The van der Waals surface area contributed by atoms with Crippen LogP contribution >= 0.6 is 0 Å². The Balaban J connectivity index is 0.000000932. The van der Waals surface area contributed by atoms with Crippen molar-refractivity contribution in [1.82, 2.24) is 0 Å². The first kappa shape index (κ1) is 18.9. The second kappa shape index (κ2) is 8.29. The number of aliphatic hydroxyl groups is 1. The average Bonchev–Trinajstić information content (AvgIpc) is 3.45. The molecule has 0 aliphatic carbocycles. The normalized spacial score (nSPS) is 24.0. The van der Waals surface area contributed by atoms with E-state index in [1.54, 1.807) is 0 Å². The predicted molar refractivity (Wildman–Crippen MR) is 103 cm³/mol. The van der Waals surface area contributed by atoms with Crippen molar-refractivity contribution < 1.29 is 28.8 Å². The van der Waals surface area contributed by atoms with Crippen molar-refractivity contribution in [3.05, 3.63) is 47.5 Å². The first-order valence-corrected chi connectivity index (χ1v) is 9.83. The van der Waals surface area contributed by atoms with Crippen LogP contribution in [0.25, 0.3) is 0 Å². The molecule has 3 aliphatic rings. The number of hydrogen-bond acceptors (Lipinski definition) is 6. The van der Waals surface area contributed by atoms with E-state index in [2.05, 4.69) is 6.07 Å². The Hall–Kier alpha value is -2.44. The van der Waals surface area contributed by atoms with E-state index in [4.69, 9.17) is 23.7 Å². The lowest BCUT2D eigenvalue weighted by Crippen LogP contribution is -2.24. The lowest BCUT2D eigenvalue weighted by Gasteiger charge is -2.20. The van der Waals surface area contributed by atoms with Gasteiger partial charge in [0.2, 0.25) is 13.6 Å². The zero-order chi connectivity index (χ0) is 19.5. The summed E-state index contributed by atoms with van der Waals surface area (Å²) in [6.45, 7) is 5.09. The molecular weight excluding hydrogens is 360 g/mol. The summed E-state index contributed by atoms with van der Waals surface area (Å²) < 4.78 is 27.2. The minimum Gasteiger partial charge on any atom is -0.454 e. The Morgan fingerprint density at radius 1 is 0.786 bits per heavy atom. The predicted octanol–water partition coefficient (Wildman–Crippen LogP) is 3.54. The highest BCUT2D eigenvalue weighted by Crippen LogP contribution is 2.38. The minimum absolute atomic E-state index is 0.0285. The number of rotatable bonds is 4.